The van der Waals surface area contributed by atoms with Gasteiger partial charge in [-0.15, -0.1) is 11.6 Å². The molecule has 0 saturated heterocycles. The summed E-state index contributed by atoms with van der Waals surface area (Å²) in [5.41, 5.74) is -0.0969. The molecule has 0 atom stereocenters. The molecular weight excluding hydrogens is 200 g/mol. The Hall–Kier alpha value is -0.900. The number of pyridine rings is 1. The Kier molecular flexibility index (Phi) is 3.03. The summed E-state index contributed by atoms with van der Waals surface area (Å²) in [4.78, 5) is 13.2. The van der Waals surface area contributed by atoms with Gasteiger partial charge in [0, 0.05) is 23.2 Å². The van der Waals surface area contributed by atoms with Crippen molar-refractivity contribution in [2.24, 2.45) is 0 Å². The number of aromatic amines is 1. The van der Waals surface area contributed by atoms with Crippen LogP contribution >= 0.6 is 11.6 Å². The molecule has 1 rings (SSSR count). The van der Waals surface area contributed by atoms with Gasteiger partial charge in [0.1, 0.15) is 0 Å². The zero-order chi connectivity index (χ0) is 10.0. The van der Waals surface area contributed by atoms with Crippen LogP contribution in [0.25, 0.3) is 0 Å². The standard InChI is InChI=1S/C8H8ClF2NO/c1-4-5(2-9)6(7(10)11)3-12-8(4)13/h3,7H,2H2,1H3,(H,12,13). The van der Waals surface area contributed by atoms with E-state index in [1.807, 2.05) is 0 Å². The van der Waals surface area contributed by atoms with E-state index >= 15 is 0 Å². The molecule has 0 saturated carbocycles. The van der Waals surface area contributed by atoms with Gasteiger partial charge in [-0.05, 0) is 12.5 Å². The van der Waals surface area contributed by atoms with Gasteiger partial charge in [-0.25, -0.2) is 8.78 Å². The second-order valence-electron chi connectivity index (χ2n) is 2.61. The second-order valence-corrected chi connectivity index (χ2v) is 2.88. The van der Waals surface area contributed by atoms with E-state index in [0.717, 1.165) is 6.20 Å². The average Bonchev–Trinajstić information content (AvgIpc) is 2.09. The van der Waals surface area contributed by atoms with E-state index in [9.17, 15) is 13.6 Å². The lowest BCUT2D eigenvalue weighted by molar-refractivity contribution is 0.150. The molecule has 0 spiro atoms. The third-order valence-corrected chi connectivity index (χ3v) is 2.14. The minimum atomic E-state index is -2.61. The maximum Gasteiger partial charge on any atom is 0.265 e. The first-order valence-electron chi connectivity index (χ1n) is 3.63. The van der Waals surface area contributed by atoms with Gasteiger partial charge < -0.3 is 4.98 Å². The third kappa shape index (κ3) is 1.88. The van der Waals surface area contributed by atoms with E-state index in [-0.39, 0.29) is 28.1 Å². The van der Waals surface area contributed by atoms with Crippen molar-refractivity contribution >= 4 is 11.6 Å². The quantitative estimate of drug-likeness (QED) is 0.742. The third-order valence-electron chi connectivity index (χ3n) is 1.87. The number of aromatic nitrogens is 1. The molecule has 1 N–H and O–H groups in total. The molecule has 0 aromatic carbocycles. The highest BCUT2D eigenvalue weighted by Gasteiger charge is 2.15. The lowest BCUT2D eigenvalue weighted by Gasteiger charge is -2.07. The zero-order valence-electron chi connectivity index (χ0n) is 6.90. The normalized spacial score (nSPS) is 10.8. The largest absolute Gasteiger partial charge is 0.328 e. The Labute approximate surface area is 78.5 Å². The van der Waals surface area contributed by atoms with Crippen LogP contribution < -0.4 is 5.56 Å². The van der Waals surface area contributed by atoms with Gasteiger partial charge in [0.2, 0.25) is 0 Å². The van der Waals surface area contributed by atoms with E-state index in [4.69, 9.17) is 11.6 Å². The molecule has 0 aliphatic carbocycles. The highest BCUT2D eigenvalue weighted by Crippen LogP contribution is 2.23. The molecule has 0 fully saturated rings. The zero-order valence-corrected chi connectivity index (χ0v) is 7.66. The topological polar surface area (TPSA) is 32.9 Å². The average molecular weight is 208 g/mol. The van der Waals surface area contributed by atoms with E-state index < -0.39 is 6.43 Å². The first-order valence-corrected chi connectivity index (χ1v) is 4.16. The molecule has 0 amide bonds. The van der Waals surface area contributed by atoms with Crippen LogP contribution in [0.1, 0.15) is 23.1 Å². The summed E-state index contributed by atoms with van der Waals surface area (Å²) in [6.07, 6.45) is -1.60. The maximum absolute atomic E-state index is 12.3. The van der Waals surface area contributed by atoms with Gasteiger partial charge in [-0.1, -0.05) is 0 Å². The number of hydrogen-bond donors (Lipinski definition) is 1. The summed E-state index contributed by atoms with van der Waals surface area (Å²) in [6, 6.07) is 0. The summed E-state index contributed by atoms with van der Waals surface area (Å²) in [5.74, 6) is -0.0740. The smallest absolute Gasteiger partial charge is 0.265 e. The van der Waals surface area contributed by atoms with Crippen molar-refractivity contribution in [3.05, 3.63) is 33.2 Å². The Morgan fingerprint density at radius 1 is 1.62 bits per heavy atom. The van der Waals surface area contributed by atoms with Crippen LogP contribution in [0.2, 0.25) is 0 Å². The Bertz CT molecular complexity index is 362. The fourth-order valence-electron chi connectivity index (χ4n) is 1.06. The molecule has 1 heterocycles. The van der Waals surface area contributed by atoms with Crippen molar-refractivity contribution in [3.8, 4) is 0 Å². The summed E-state index contributed by atoms with van der Waals surface area (Å²) in [6.45, 7) is 1.47. The van der Waals surface area contributed by atoms with E-state index in [0.29, 0.717) is 0 Å². The fraction of sp³-hybridized carbons (Fsp3) is 0.375. The first-order chi connectivity index (χ1) is 6.07. The number of alkyl halides is 3. The highest BCUT2D eigenvalue weighted by molar-refractivity contribution is 6.17. The highest BCUT2D eigenvalue weighted by atomic mass is 35.5. The maximum atomic E-state index is 12.3. The van der Waals surface area contributed by atoms with Crippen LogP contribution in [-0.4, -0.2) is 4.98 Å². The van der Waals surface area contributed by atoms with Crippen molar-refractivity contribution in [3.63, 3.8) is 0 Å². The van der Waals surface area contributed by atoms with Gasteiger partial charge >= 0.3 is 0 Å². The molecule has 0 unspecified atom stereocenters. The number of hydrogen-bond acceptors (Lipinski definition) is 1. The van der Waals surface area contributed by atoms with Crippen LogP contribution in [0.4, 0.5) is 8.78 Å². The molecule has 0 aliphatic rings. The predicted octanol–water partition coefficient (Wildman–Crippen LogP) is 2.36. The Balaban J connectivity index is 3.38. The van der Waals surface area contributed by atoms with Gasteiger partial charge in [-0.2, -0.15) is 0 Å². The molecule has 0 bridgehead atoms. The summed E-state index contributed by atoms with van der Waals surface area (Å²) < 4.78 is 24.7. The monoisotopic (exact) mass is 207 g/mol. The summed E-state index contributed by atoms with van der Waals surface area (Å²) in [5, 5.41) is 0. The molecular formula is C8H8ClF2NO. The number of rotatable bonds is 2. The van der Waals surface area contributed by atoms with Gasteiger partial charge in [-0.3, -0.25) is 4.79 Å². The molecule has 72 valence electrons. The Morgan fingerprint density at radius 2 is 2.23 bits per heavy atom. The lowest BCUT2D eigenvalue weighted by atomic mass is 10.1. The minimum Gasteiger partial charge on any atom is -0.328 e. The molecule has 0 radical (unpaired) electrons. The molecule has 1 aromatic rings. The summed E-state index contributed by atoms with van der Waals surface area (Å²) >= 11 is 5.47. The lowest BCUT2D eigenvalue weighted by Crippen LogP contribution is -2.13. The number of nitrogens with one attached hydrogen (secondary N) is 1. The molecule has 5 heteroatoms. The van der Waals surface area contributed by atoms with Gasteiger partial charge in [0.05, 0.1) is 0 Å². The molecule has 2 nitrogen and oxygen atoms in total. The van der Waals surface area contributed by atoms with Crippen LogP contribution in [0.3, 0.4) is 0 Å². The Morgan fingerprint density at radius 3 is 2.69 bits per heavy atom. The second kappa shape index (κ2) is 3.87. The minimum absolute atomic E-state index is 0.0740. The van der Waals surface area contributed by atoms with E-state index in [1.54, 1.807) is 0 Å². The van der Waals surface area contributed by atoms with Crippen molar-refractivity contribution in [1.29, 1.82) is 0 Å². The van der Waals surface area contributed by atoms with Crippen molar-refractivity contribution in [1.82, 2.24) is 4.98 Å². The van der Waals surface area contributed by atoms with Crippen LogP contribution in [-0.2, 0) is 5.88 Å². The molecule has 0 aliphatic heterocycles. The van der Waals surface area contributed by atoms with E-state index in [1.165, 1.54) is 6.92 Å². The fourth-order valence-corrected chi connectivity index (χ4v) is 1.42. The van der Waals surface area contributed by atoms with Crippen molar-refractivity contribution < 1.29 is 8.78 Å². The van der Waals surface area contributed by atoms with Gasteiger partial charge in [0.25, 0.3) is 12.0 Å². The number of halogens is 3. The molecule has 13 heavy (non-hydrogen) atoms. The SMILES string of the molecule is Cc1c(CCl)c(C(F)F)c[nH]c1=O. The first kappa shape index (κ1) is 10.2. The van der Waals surface area contributed by atoms with Crippen LogP contribution in [0, 0.1) is 6.92 Å². The summed E-state index contributed by atoms with van der Waals surface area (Å²) in [7, 11) is 0. The van der Waals surface area contributed by atoms with Crippen LogP contribution in [0.5, 0.6) is 0 Å². The van der Waals surface area contributed by atoms with Gasteiger partial charge in [0.15, 0.2) is 0 Å². The number of H-pyrrole nitrogens is 1. The predicted molar refractivity (Wildman–Crippen MR) is 46.3 cm³/mol. The van der Waals surface area contributed by atoms with E-state index in [2.05, 4.69) is 4.98 Å². The van der Waals surface area contributed by atoms with Crippen molar-refractivity contribution in [2.45, 2.75) is 19.2 Å². The molecule has 1 aromatic heterocycles. The van der Waals surface area contributed by atoms with Crippen LogP contribution in [0.15, 0.2) is 11.0 Å². The van der Waals surface area contributed by atoms with Crippen molar-refractivity contribution in [2.75, 3.05) is 0 Å².